The van der Waals surface area contributed by atoms with Gasteiger partial charge in [0.2, 0.25) is 0 Å². The van der Waals surface area contributed by atoms with Gasteiger partial charge in [-0.05, 0) is 61.1 Å². The zero-order valence-electron chi connectivity index (χ0n) is 20.1. The maximum absolute atomic E-state index is 11.7. The van der Waals surface area contributed by atoms with E-state index in [0.29, 0.717) is 31.0 Å². The van der Waals surface area contributed by atoms with E-state index in [4.69, 9.17) is 9.72 Å². The van der Waals surface area contributed by atoms with Crippen molar-refractivity contribution < 1.29 is 9.53 Å². The van der Waals surface area contributed by atoms with Gasteiger partial charge in [0.15, 0.2) is 0 Å². The maximum Gasteiger partial charge on any atom is 0.139 e. The van der Waals surface area contributed by atoms with Gasteiger partial charge < -0.3 is 19.7 Å². The first-order valence-corrected chi connectivity index (χ1v) is 12.1. The number of pyridine rings is 1. The molecule has 2 aromatic heterocycles. The number of hydrogen-bond donors (Lipinski definition) is 1. The van der Waals surface area contributed by atoms with E-state index < -0.39 is 0 Å². The van der Waals surface area contributed by atoms with Crippen LogP contribution < -0.4 is 10.2 Å². The molecule has 1 fully saturated rings. The van der Waals surface area contributed by atoms with Gasteiger partial charge in [0.05, 0.1) is 31.9 Å². The van der Waals surface area contributed by atoms with Crippen LogP contribution in [0.5, 0.6) is 0 Å². The van der Waals surface area contributed by atoms with Gasteiger partial charge in [0.1, 0.15) is 12.1 Å². The summed E-state index contributed by atoms with van der Waals surface area (Å²) in [5.41, 5.74) is 5.53. The van der Waals surface area contributed by atoms with E-state index in [2.05, 4.69) is 46.6 Å². The number of rotatable bonds is 9. The molecule has 0 bridgehead atoms. The molecule has 1 N–H and O–H groups in total. The van der Waals surface area contributed by atoms with Crippen molar-refractivity contribution in [2.75, 3.05) is 30.5 Å². The second-order valence-corrected chi connectivity index (χ2v) is 9.55. The highest BCUT2D eigenvalue weighted by molar-refractivity contribution is 5.73. The first-order chi connectivity index (χ1) is 16.6. The van der Waals surface area contributed by atoms with Gasteiger partial charge in [0.25, 0.3) is 0 Å². The number of methoxy groups -OCH3 is 1. The van der Waals surface area contributed by atoms with E-state index in [9.17, 15) is 4.79 Å². The molecule has 0 unspecified atom stereocenters. The van der Waals surface area contributed by atoms with E-state index in [1.807, 2.05) is 36.0 Å². The number of aryl methyl sites for hydroxylation is 1. The summed E-state index contributed by atoms with van der Waals surface area (Å²) in [6.07, 6.45) is 7.47. The summed E-state index contributed by atoms with van der Waals surface area (Å²) in [4.78, 5) is 18.7. The van der Waals surface area contributed by atoms with Crippen molar-refractivity contribution in [2.24, 2.45) is 11.8 Å². The minimum absolute atomic E-state index is 0.0984. The van der Waals surface area contributed by atoms with Crippen molar-refractivity contribution in [3.05, 3.63) is 60.0 Å². The molecular weight excluding hydrogens is 426 g/mol. The lowest BCUT2D eigenvalue weighted by Crippen LogP contribution is -2.49. The van der Waals surface area contributed by atoms with Crippen LogP contribution in [-0.4, -0.2) is 47.4 Å². The van der Waals surface area contributed by atoms with Crippen LogP contribution in [0.15, 0.2) is 48.8 Å². The quantitative estimate of drug-likeness (QED) is 0.476. The van der Waals surface area contributed by atoms with Crippen molar-refractivity contribution in [2.45, 2.75) is 45.3 Å². The molecule has 0 saturated heterocycles. The third-order valence-electron chi connectivity index (χ3n) is 7.16. The predicted molar refractivity (Wildman–Crippen MR) is 134 cm³/mol. The zero-order chi connectivity index (χ0) is 23.7. The molecule has 1 aromatic carbocycles. The summed E-state index contributed by atoms with van der Waals surface area (Å²) in [5, 5.41) is 8.25. The van der Waals surface area contributed by atoms with Gasteiger partial charge in [-0.1, -0.05) is 19.1 Å². The van der Waals surface area contributed by atoms with Gasteiger partial charge in [-0.3, -0.25) is 4.68 Å². The summed E-state index contributed by atoms with van der Waals surface area (Å²) < 4.78 is 7.10. The number of ether oxygens (including phenoxy) is 1. The fourth-order valence-corrected chi connectivity index (χ4v) is 5.40. The Balaban J connectivity index is 1.56. The Bertz CT molecular complexity index is 1160. The fourth-order valence-electron chi connectivity index (χ4n) is 5.40. The lowest BCUT2D eigenvalue weighted by molar-refractivity contribution is -0.106. The molecule has 1 aliphatic carbocycles. The van der Waals surface area contributed by atoms with E-state index in [0.717, 1.165) is 41.2 Å². The Kier molecular flexibility index (Phi) is 6.37. The molecule has 3 heterocycles. The van der Waals surface area contributed by atoms with Gasteiger partial charge >= 0.3 is 0 Å². The summed E-state index contributed by atoms with van der Waals surface area (Å²) in [6.45, 7) is 6.09. The van der Waals surface area contributed by atoms with Gasteiger partial charge in [0, 0.05) is 42.2 Å². The first-order valence-electron chi connectivity index (χ1n) is 12.1. The summed E-state index contributed by atoms with van der Waals surface area (Å²) in [6, 6.07) is 13.1. The molecule has 34 heavy (non-hydrogen) atoms. The van der Waals surface area contributed by atoms with Crippen LogP contribution >= 0.6 is 0 Å². The number of aromatic nitrogens is 3. The molecule has 1 saturated carbocycles. The monoisotopic (exact) mass is 459 g/mol. The lowest BCUT2D eigenvalue weighted by atomic mass is 9.79. The molecule has 0 radical (unpaired) electrons. The number of aldehydes is 1. The molecule has 178 valence electrons. The smallest absolute Gasteiger partial charge is 0.139 e. The summed E-state index contributed by atoms with van der Waals surface area (Å²) in [7, 11) is 1.70. The largest absolute Gasteiger partial charge is 0.383 e. The molecule has 5 rings (SSSR count). The maximum atomic E-state index is 11.7. The standard InChI is InChI=1S/C27H33N5O2/c1-18-5-4-6-25(29-18)30-26-19(2)27(20-7-8-20)32(11-13-33)24-10-9-21(15-23(24)26)22-16-28-31(17-22)12-14-34-3/h4-6,9-10,13,15-17,19-20,26-27H,7-8,11-12,14H2,1-3H3,(H,29,30)/t19-,26-,27-/m1/s1. The van der Waals surface area contributed by atoms with Crippen molar-refractivity contribution in [1.82, 2.24) is 14.8 Å². The SMILES string of the molecule is COCCn1cc(-c2ccc3c(c2)[C@H](Nc2cccc(C)n2)[C@@H](C)[C@H](C2CC2)N3CC=O)cn1. The van der Waals surface area contributed by atoms with Gasteiger partial charge in [-0.2, -0.15) is 5.10 Å². The number of hydrogen-bond acceptors (Lipinski definition) is 6. The van der Waals surface area contributed by atoms with Crippen LogP contribution in [0.1, 0.15) is 37.1 Å². The highest BCUT2D eigenvalue weighted by Gasteiger charge is 2.46. The van der Waals surface area contributed by atoms with Gasteiger partial charge in [-0.25, -0.2) is 4.98 Å². The van der Waals surface area contributed by atoms with Crippen molar-refractivity contribution in [3.8, 4) is 11.1 Å². The number of nitrogens with zero attached hydrogens (tertiary/aromatic N) is 4. The number of carbonyl (C=O) groups is 1. The summed E-state index contributed by atoms with van der Waals surface area (Å²) >= 11 is 0. The van der Waals surface area contributed by atoms with Crippen LogP contribution in [-0.2, 0) is 16.1 Å². The average molecular weight is 460 g/mol. The van der Waals surface area contributed by atoms with Crippen molar-refractivity contribution in [3.63, 3.8) is 0 Å². The highest BCUT2D eigenvalue weighted by Crippen LogP contribution is 2.50. The normalized spacial score (nSPS) is 21.9. The fraction of sp³-hybridized carbons (Fsp3) is 0.444. The Hall–Kier alpha value is -3.19. The van der Waals surface area contributed by atoms with Crippen molar-refractivity contribution >= 4 is 17.8 Å². The molecule has 0 amide bonds. The van der Waals surface area contributed by atoms with Gasteiger partial charge in [-0.15, -0.1) is 0 Å². The van der Waals surface area contributed by atoms with Crippen molar-refractivity contribution in [1.29, 1.82) is 0 Å². The predicted octanol–water partition coefficient (Wildman–Crippen LogP) is 4.49. The molecule has 0 spiro atoms. The second-order valence-electron chi connectivity index (χ2n) is 9.55. The third-order valence-corrected chi connectivity index (χ3v) is 7.16. The molecule has 3 aromatic rings. The Labute approximate surface area is 201 Å². The number of nitrogens with one attached hydrogen (secondary N) is 1. The van der Waals surface area contributed by atoms with E-state index in [1.165, 1.54) is 18.4 Å². The number of carbonyl (C=O) groups excluding carboxylic acids is 1. The third kappa shape index (κ3) is 4.44. The number of fused-ring (bicyclic) bond motifs is 1. The molecule has 3 atom stereocenters. The second kappa shape index (κ2) is 9.58. The minimum atomic E-state index is 0.0984. The molecule has 7 nitrogen and oxygen atoms in total. The number of benzene rings is 1. The lowest BCUT2D eigenvalue weighted by Gasteiger charge is -2.47. The Morgan fingerprint density at radius 1 is 1.21 bits per heavy atom. The number of anilines is 2. The molecular formula is C27H33N5O2. The van der Waals surface area contributed by atoms with E-state index in [1.54, 1.807) is 7.11 Å². The Morgan fingerprint density at radius 2 is 2.06 bits per heavy atom. The van der Waals surface area contributed by atoms with Crippen LogP contribution in [0.4, 0.5) is 11.5 Å². The molecule has 2 aliphatic rings. The Morgan fingerprint density at radius 3 is 2.79 bits per heavy atom. The zero-order valence-corrected chi connectivity index (χ0v) is 20.1. The summed E-state index contributed by atoms with van der Waals surface area (Å²) in [5.74, 6) is 1.84. The molecule has 7 heteroatoms. The van der Waals surface area contributed by atoms with E-state index >= 15 is 0 Å². The van der Waals surface area contributed by atoms with Crippen LogP contribution in [0, 0.1) is 18.8 Å². The molecule has 1 aliphatic heterocycles. The van der Waals surface area contributed by atoms with E-state index in [-0.39, 0.29) is 6.04 Å². The van der Waals surface area contributed by atoms with Crippen LogP contribution in [0.3, 0.4) is 0 Å². The first kappa shape index (κ1) is 22.6. The van der Waals surface area contributed by atoms with Crippen LogP contribution in [0.2, 0.25) is 0 Å². The van der Waals surface area contributed by atoms with Crippen LogP contribution in [0.25, 0.3) is 11.1 Å². The average Bonchev–Trinajstić information content (AvgIpc) is 3.56. The topological polar surface area (TPSA) is 72.3 Å². The minimum Gasteiger partial charge on any atom is -0.383 e. The highest BCUT2D eigenvalue weighted by atomic mass is 16.5.